The Morgan fingerprint density at radius 3 is 2.50 bits per heavy atom. The number of hydrogen-bond donors (Lipinski definition) is 3. The summed E-state index contributed by atoms with van der Waals surface area (Å²) in [6.45, 7) is 0.604. The van der Waals surface area contributed by atoms with Crippen molar-refractivity contribution in [3.63, 3.8) is 0 Å². The number of aliphatic hydroxyl groups excluding tert-OH is 1. The summed E-state index contributed by atoms with van der Waals surface area (Å²) < 4.78 is 0. The molecule has 0 aromatic heterocycles. The molecule has 2 fully saturated rings. The number of rotatable bonds is 3. The predicted octanol–water partition coefficient (Wildman–Crippen LogP) is 1.33. The molecule has 1 aliphatic heterocycles. The fraction of sp³-hybridized carbons (Fsp3) is 0.857. The van der Waals surface area contributed by atoms with Gasteiger partial charge in [-0.3, -0.25) is 4.79 Å². The highest BCUT2D eigenvalue weighted by atomic mass is 16.4. The number of aliphatic carboxylic acids is 1. The van der Waals surface area contributed by atoms with E-state index in [0.29, 0.717) is 6.54 Å². The molecule has 2 rings (SSSR count). The molecule has 3 N–H and O–H groups in total. The van der Waals surface area contributed by atoms with Crippen LogP contribution in [0.25, 0.3) is 0 Å². The van der Waals surface area contributed by atoms with E-state index in [1.807, 2.05) is 0 Å². The predicted molar refractivity (Wildman–Crippen MR) is 73.4 cm³/mol. The fourth-order valence-corrected chi connectivity index (χ4v) is 3.20. The summed E-state index contributed by atoms with van der Waals surface area (Å²) in [5, 5.41) is 21.7. The average molecular weight is 284 g/mol. The lowest BCUT2D eigenvalue weighted by Gasteiger charge is -2.37. The molecule has 3 unspecified atom stereocenters. The Morgan fingerprint density at radius 1 is 1.10 bits per heavy atom. The number of aliphatic hydroxyl groups is 1. The largest absolute Gasteiger partial charge is 0.481 e. The Bertz CT molecular complexity index is 361. The molecule has 0 aromatic carbocycles. The van der Waals surface area contributed by atoms with Crippen molar-refractivity contribution < 1.29 is 19.8 Å². The molecule has 0 aromatic rings. The third-order valence-electron chi connectivity index (χ3n) is 4.34. The van der Waals surface area contributed by atoms with Gasteiger partial charge in [0.15, 0.2) is 0 Å². The zero-order valence-corrected chi connectivity index (χ0v) is 11.8. The molecular formula is C14H24N2O4. The molecule has 2 aliphatic rings. The van der Waals surface area contributed by atoms with Gasteiger partial charge in [-0.05, 0) is 32.1 Å². The Hall–Kier alpha value is -1.30. The third kappa shape index (κ3) is 3.85. The lowest BCUT2D eigenvalue weighted by atomic mass is 9.92. The van der Waals surface area contributed by atoms with Crippen LogP contribution < -0.4 is 5.32 Å². The summed E-state index contributed by atoms with van der Waals surface area (Å²) in [6, 6.07) is -0.632. The number of amides is 2. The maximum absolute atomic E-state index is 12.3. The molecule has 3 atom stereocenters. The smallest absolute Gasteiger partial charge is 0.317 e. The van der Waals surface area contributed by atoms with Gasteiger partial charge in [-0.25, -0.2) is 4.79 Å². The molecule has 0 spiro atoms. The van der Waals surface area contributed by atoms with E-state index in [9.17, 15) is 14.7 Å². The maximum atomic E-state index is 12.3. The highest BCUT2D eigenvalue weighted by Crippen LogP contribution is 2.22. The van der Waals surface area contributed by atoms with E-state index < -0.39 is 12.1 Å². The van der Waals surface area contributed by atoms with E-state index in [0.717, 1.165) is 44.9 Å². The van der Waals surface area contributed by atoms with E-state index in [1.54, 1.807) is 4.90 Å². The van der Waals surface area contributed by atoms with Crippen LogP contribution >= 0.6 is 0 Å². The molecule has 0 radical (unpaired) electrons. The van der Waals surface area contributed by atoms with Crippen molar-refractivity contribution in [2.75, 3.05) is 6.54 Å². The Morgan fingerprint density at radius 2 is 1.80 bits per heavy atom. The second-order valence-corrected chi connectivity index (χ2v) is 5.85. The Labute approximate surface area is 119 Å². The van der Waals surface area contributed by atoms with Gasteiger partial charge in [0.05, 0.1) is 18.6 Å². The summed E-state index contributed by atoms with van der Waals surface area (Å²) >= 11 is 0. The number of nitrogens with one attached hydrogen (secondary N) is 1. The van der Waals surface area contributed by atoms with E-state index >= 15 is 0 Å². The average Bonchev–Trinajstić information content (AvgIpc) is 2.41. The first-order valence-corrected chi connectivity index (χ1v) is 7.55. The van der Waals surface area contributed by atoms with Crippen molar-refractivity contribution in [1.82, 2.24) is 10.2 Å². The molecule has 2 amide bonds. The first-order valence-electron chi connectivity index (χ1n) is 7.55. The molecule has 0 bridgehead atoms. The van der Waals surface area contributed by atoms with Gasteiger partial charge in [-0.15, -0.1) is 0 Å². The third-order valence-corrected chi connectivity index (χ3v) is 4.34. The lowest BCUT2D eigenvalue weighted by Crippen LogP contribution is -2.54. The highest BCUT2D eigenvalue weighted by Gasteiger charge is 2.31. The van der Waals surface area contributed by atoms with Gasteiger partial charge in [-0.2, -0.15) is 0 Å². The summed E-state index contributed by atoms with van der Waals surface area (Å²) in [4.78, 5) is 24.8. The van der Waals surface area contributed by atoms with Gasteiger partial charge in [0, 0.05) is 12.6 Å². The van der Waals surface area contributed by atoms with Crippen molar-refractivity contribution >= 4 is 12.0 Å². The minimum atomic E-state index is -0.868. The van der Waals surface area contributed by atoms with Crippen LogP contribution in [-0.2, 0) is 4.79 Å². The van der Waals surface area contributed by atoms with Gasteiger partial charge in [0.1, 0.15) is 0 Å². The molecule has 20 heavy (non-hydrogen) atoms. The van der Waals surface area contributed by atoms with Gasteiger partial charge in [0.25, 0.3) is 0 Å². The van der Waals surface area contributed by atoms with Crippen LogP contribution in [-0.4, -0.2) is 51.8 Å². The number of carboxylic acid groups (broad SMARTS) is 1. The van der Waals surface area contributed by atoms with Crippen LogP contribution in [0.5, 0.6) is 0 Å². The molecule has 1 saturated heterocycles. The standard InChI is InChI=1S/C14H24N2O4/c17-12-7-2-1-6-11(12)15-14(20)16-8-4-3-5-10(16)9-13(18)19/h10-12,17H,1-9H2,(H,15,20)(H,18,19). The number of hydrogen-bond acceptors (Lipinski definition) is 3. The van der Waals surface area contributed by atoms with Gasteiger partial charge in [-0.1, -0.05) is 12.8 Å². The fourth-order valence-electron chi connectivity index (χ4n) is 3.20. The first-order chi connectivity index (χ1) is 9.58. The summed E-state index contributed by atoms with van der Waals surface area (Å²) in [5.41, 5.74) is 0. The zero-order chi connectivity index (χ0) is 14.5. The van der Waals surface area contributed by atoms with Crippen LogP contribution in [0, 0.1) is 0 Å². The van der Waals surface area contributed by atoms with Crippen LogP contribution in [0.15, 0.2) is 0 Å². The van der Waals surface area contributed by atoms with Gasteiger partial charge < -0.3 is 20.4 Å². The summed E-state index contributed by atoms with van der Waals surface area (Å²) in [6.07, 6.45) is 5.68. The number of nitrogens with zero attached hydrogens (tertiary/aromatic N) is 1. The number of carbonyl (C=O) groups excluding carboxylic acids is 1. The monoisotopic (exact) mass is 284 g/mol. The van der Waals surface area contributed by atoms with Crippen LogP contribution in [0.2, 0.25) is 0 Å². The highest BCUT2D eigenvalue weighted by molar-refractivity contribution is 5.76. The molecule has 1 heterocycles. The molecule has 1 saturated carbocycles. The number of carbonyl (C=O) groups is 2. The van der Waals surface area contributed by atoms with E-state index in [-0.39, 0.29) is 24.5 Å². The van der Waals surface area contributed by atoms with Crippen molar-refractivity contribution in [3.05, 3.63) is 0 Å². The molecule has 1 aliphatic carbocycles. The van der Waals surface area contributed by atoms with Gasteiger partial charge >= 0.3 is 12.0 Å². The second kappa shape index (κ2) is 6.92. The van der Waals surface area contributed by atoms with Crippen LogP contribution in [0.3, 0.4) is 0 Å². The van der Waals surface area contributed by atoms with E-state index in [2.05, 4.69) is 5.32 Å². The topological polar surface area (TPSA) is 89.9 Å². The second-order valence-electron chi connectivity index (χ2n) is 5.85. The number of piperidine rings is 1. The quantitative estimate of drug-likeness (QED) is 0.729. The first kappa shape index (κ1) is 15.1. The van der Waals surface area contributed by atoms with Crippen molar-refractivity contribution in [1.29, 1.82) is 0 Å². The Kier molecular flexibility index (Phi) is 5.23. The summed E-state index contributed by atoms with van der Waals surface area (Å²) in [7, 11) is 0. The zero-order valence-electron chi connectivity index (χ0n) is 11.8. The summed E-state index contributed by atoms with van der Waals surface area (Å²) in [5.74, 6) is -0.868. The van der Waals surface area contributed by atoms with Crippen LogP contribution in [0.1, 0.15) is 51.4 Å². The minimum Gasteiger partial charge on any atom is -0.481 e. The minimum absolute atomic E-state index is 0.000635. The SMILES string of the molecule is O=C(O)CC1CCCCN1C(=O)NC1CCCCC1O. The van der Waals surface area contributed by atoms with E-state index in [4.69, 9.17) is 5.11 Å². The number of likely N-dealkylation sites (tertiary alicyclic amines) is 1. The lowest BCUT2D eigenvalue weighted by molar-refractivity contribution is -0.138. The van der Waals surface area contributed by atoms with Crippen molar-refractivity contribution in [3.8, 4) is 0 Å². The molecule has 6 nitrogen and oxygen atoms in total. The maximum Gasteiger partial charge on any atom is 0.317 e. The molecule has 6 heteroatoms. The molecular weight excluding hydrogens is 260 g/mol. The van der Waals surface area contributed by atoms with Gasteiger partial charge in [0.2, 0.25) is 0 Å². The molecule has 114 valence electrons. The van der Waals surface area contributed by atoms with Crippen LogP contribution in [0.4, 0.5) is 4.79 Å². The van der Waals surface area contributed by atoms with Crippen molar-refractivity contribution in [2.45, 2.75) is 69.6 Å². The normalized spacial score (nSPS) is 30.9. The number of carboxylic acids is 1. The Balaban J connectivity index is 1.93. The van der Waals surface area contributed by atoms with E-state index in [1.165, 1.54) is 0 Å². The van der Waals surface area contributed by atoms with Crippen molar-refractivity contribution in [2.24, 2.45) is 0 Å². The number of urea groups is 1.